The van der Waals surface area contributed by atoms with Crippen LogP contribution in [0, 0.1) is 0 Å². The number of Topliss-reactive ketones (excluding diaryl/α,β-unsaturated/α-hetero) is 1. The summed E-state index contributed by atoms with van der Waals surface area (Å²) < 4.78 is 7.02. The van der Waals surface area contributed by atoms with Crippen molar-refractivity contribution < 1.29 is 14.3 Å². The van der Waals surface area contributed by atoms with E-state index in [2.05, 4.69) is 0 Å². The highest BCUT2D eigenvalue weighted by atomic mass is 16.5. The lowest BCUT2D eigenvalue weighted by Gasteiger charge is -2.14. The number of carbonyl (C=O) groups excluding carboxylic acids is 2. The van der Waals surface area contributed by atoms with Crippen molar-refractivity contribution >= 4 is 33.6 Å². The van der Waals surface area contributed by atoms with E-state index in [0.717, 1.165) is 12.0 Å². The minimum atomic E-state index is -0.535. The number of aryl methyl sites for hydroxylation is 1. The highest BCUT2D eigenvalue weighted by Crippen LogP contribution is 2.19. The van der Waals surface area contributed by atoms with Crippen LogP contribution in [-0.2, 0) is 22.5 Å². The Kier molecular flexibility index (Phi) is 5.44. The van der Waals surface area contributed by atoms with E-state index in [1.165, 1.54) is 0 Å². The third kappa shape index (κ3) is 3.74. The first-order valence-electron chi connectivity index (χ1n) is 9.86. The molecule has 0 saturated carbocycles. The van der Waals surface area contributed by atoms with Crippen LogP contribution in [0.15, 0.2) is 77.6 Å². The summed E-state index contributed by atoms with van der Waals surface area (Å²) in [7, 11) is 0. The SMILES string of the molecule is CCc1ccc(C(=O)COC(=O)Cn2c3ccccc3c(=O)c3ccccc32)cc1. The van der Waals surface area contributed by atoms with Crippen LogP contribution in [0.25, 0.3) is 21.8 Å². The van der Waals surface area contributed by atoms with Crippen LogP contribution in [0.1, 0.15) is 22.8 Å². The molecule has 5 heteroatoms. The van der Waals surface area contributed by atoms with Crippen LogP contribution in [0.5, 0.6) is 0 Å². The Morgan fingerprint density at radius 1 is 0.833 bits per heavy atom. The largest absolute Gasteiger partial charge is 0.456 e. The van der Waals surface area contributed by atoms with Gasteiger partial charge in [-0.05, 0) is 36.2 Å². The summed E-state index contributed by atoms with van der Waals surface area (Å²) in [4.78, 5) is 37.7. The summed E-state index contributed by atoms with van der Waals surface area (Å²) in [6.07, 6.45) is 0.894. The van der Waals surface area contributed by atoms with Gasteiger partial charge < -0.3 is 9.30 Å². The van der Waals surface area contributed by atoms with E-state index < -0.39 is 5.97 Å². The number of hydrogen-bond acceptors (Lipinski definition) is 4. The van der Waals surface area contributed by atoms with E-state index in [4.69, 9.17) is 4.74 Å². The van der Waals surface area contributed by atoms with E-state index in [1.807, 2.05) is 31.2 Å². The number of esters is 1. The van der Waals surface area contributed by atoms with Crippen molar-refractivity contribution in [2.75, 3.05) is 6.61 Å². The number of para-hydroxylation sites is 2. The van der Waals surface area contributed by atoms with E-state index in [0.29, 0.717) is 27.4 Å². The zero-order valence-corrected chi connectivity index (χ0v) is 16.6. The van der Waals surface area contributed by atoms with E-state index >= 15 is 0 Å². The number of benzene rings is 3. The molecule has 0 fully saturated rings. The molecule has 4 rings (SSSR count). The number of rotatable bonds is 6. The Balaban J connectivity index is 1.57. The van der Waals surface area contributed by atoms with Gasteiger partial charge in [0.05, 0.1) is 11.0 Å². The van der Waals surface area contributed by atoms with Gasteiger partial charge in [0.15, 0.2) is 17.8 Å². The summed E-state index contributed by atoms with van der Waals surface area (Å²) in [5.41, 5.74) is 2.88. The fourth-order valence-electron chi connectivity index (χ4n) is 3.58. The Hall–Kier alpha value is -3.73. The molecule has 0 amide bonds. The lowest BCUT2D eigenvalue weighted by atomic mass is 10.1. The van der Waals surface area contributed by atoms with Crippen LogP contribution in [-0.4, -0.2) is 22.9 Å². The summed E-state index contributed by atoms with van der Waals surface area (Å²) in [6.45, 7) is 1.63. The molecule has 0 bridgehead atoms. The Morgan fingerprint density at radius 3 is 1.97 bits per heavy atom. The Morgan fingerprint density at radius 2 is 1.40 bits per heavy atom. The van der Waals surface area contributed by atoms with Crippen molar-refractivity contribution in [3.63, 3.8) is 0 Å². The van der Waals surface area contributed by atoms with Gasteiger partial charge in [0, 0.05) is 16.3 Å². The minimum absolute atomic E-state index is 0.0727. The molecule has 4 aromatic rings. The molecule has 0 aliphatic heterocycles. The normalized spacial score (nSPS) is 11.0. The van der Waals surface area contributed by atoms with E-state index in [-0.39, 0.29) is 24.4 Å². The van der Waals surface area contributed by atoms with Crippen molar-refractivity contribution in [2.24, 2.45) is 0 Å². The molecule has 5 nitrogen and oxygen atoms in total. The highest BCUT2D eigenvalue weighted by molar-refractivity contribution is 5.98. The monoisotopic (exact) mass is 399 g/mol. The third-order valence-electron chi connectivity index (χ3n) is 5.21. The van der Waals surface area contributed by atoms with Crippen molar-refractivity contribution in [1.29, 1.82) is 0 Å². The van der Waals surface area contributed by atoms with E-state index in [1.54, 1.807) is 53.1 Å². The number of ether oxygens (including phenoxy) is 1. The summed E-state index contributed by atoms with van der Waals surface area (Å²) in [5, 5.41) is 1.08. The molecule has 30 heavy (non-hydrogen) atoms. The fourth-order valence-corrected chi connectivity index (χ4v) is 3.58. The smallest absolute Gasteiger partial charge is 0.326 e. The first kappa shape index (κ1) is 19.6. The maximum atomic E-state index is 12.8. The van der Waals surface area contributed by atoms with Gasteiger partial charge in [-0.3, -0.25) is 14.4 Å². The Bertz CT molecular complexity index is 1240. The molecule has 0 N–H and O–H groups in total. The lowest BCUT2D eigenvalue weighted by Crippen LogP contribution is -2.20. The maximum Gasteiger partial charge on any atom is 0.326 e. The number of fused-ring (bicyclic) bond motifs is 2. The number of ketones is 1. The lowest BCUT2D eigenvalue weighted by molar-refractivity contribution is -0.143. The number of pyridine rings is 1. The third-order valence-corrected chi connectivity index (χ3v) is 5.21. The Labute approximate surface area is 173 Å². The van der Waals surface area contributed by atoms with Crippen molar-refractivity contribution in [3.05, 3.63) is 94.1 Å². The molecular formula is C25H21NO4. The fraction of sp³-hybridized carbons (Fsp3) is 0.160. The molecular weight excluding hydrogens is 378 g/mol. The van der Waals surface area contributed by atoms with Gasteiger partial charge in [-0.2, -0.15) is 0 Å². The minimum Gasteiger partial charge on any atom is -0.456 e. The van der Waals surface area contributed by atoms with Crippen LogP contribution < -0.4 is 5.43 Å². The first-order chi connectivity index (χ1) is 14.6. The van der Waals surface area contributed by atoms with Crippen molar-refractivity contribution in [1.82, 2.24) is 4.57 Å². The predicted octanol–water partition coefficient (Wildman–Crippen LogP) is 4.14. The average Bonchev–Trinajstić information content (AvgIpc) is 2.80. The van der Waals surface area contributed by atoms with Crippen LogP contribution in [0.4, 0.5) is 0 Å². The first-order valence-corrected chi connectivity index (χ1v) is 9.86. The predicted molar refractivity (Wildman–Crippen MR) is 117 cm³/mol. The highest BCUT2D eigenvalue weighted by Gasteiger charge is 2.15. The number of carbonyl (C=O) groups is 2. The van der Waals surface area contributed by atoms with Gasteiger partial charge in [0.1, 0.15) is 6.54 Å². The second kappa shape index (κ2) is 8.33. The number of aromatic nitrogens is 1. The quantitative estimate of drug-likeness (QED) is 0.278. The molecule has 1 aromatic heterocycles. The van der Waals surface area contributed by atoms with Gasteiger partial charge in [0.2, 0.25) is 0 Å². The molecule has 0 unspecified atom stereocenters. The standard InChI is InChI=1S/C25H21NO4/c1-2-17-11-13-18(14-12-17)23(27)16-30-24(28)15-26-21-9-5-3-7-19(21)25(29)20-8-4-6-10-22(20)26/h3-14H,2,15-16H2,1H3. The molecule has 1 heterocycles. The second-order valence-electron chi connectivity index (χ2n) is 7.08. The van der Waals surface area contributed by atoms with Crippen LogP contribution >= 0.6 is 0 Å². The molecule has 0 radical (unpaired) electrons. The maximum absolute atomic E-state index is 12.8. The van der Waals surface area contributed by atoms with Gasteiger partial charge in [-0.25, -0.2) is 0 Å². The van der Waals surface area contributed by atoms with Crippen LogP contribution in [0.3, 0.4) is 0 Å². The molecule has 0 saturated heterocycles. The molecule has 0 spiro atoms. The molecule has 0 atom stereocenters. The van der Waals surface area contributed by atoms with Gasteiger partial charge >= 0.3 is 5.97 Å². The zero-order valence-electron chi connectivity index (χ0n) is 16.6. The van der Waals surface area contributed by atoms with Gasteiger partial charge in [0.25, 0.3) is 0 Å². The summed E-state index contributed by atoms with van der Waals surface area (Å²) in [5.74, 6) is -0.784. The molecule has 0 aliphatic carbocycles. The summed E-state index contributed by atoms with van der Waals surface area (Å²) in [6, 6.07) is 21.6. The summed E-state index contributed by atoms with van der Waals surface area (Å²) >= 11 is 0. The molecule has 3 aromatic carbocycles. The van der Waals surface area contributed by atoms with Crippen molar-refractivity contribution in [3.8, 4) is 0 Å². The van der Waals surface area contributed by atoms with Gasteiger partial charge in [-0.1, -0.05) is 55.5 Å². The van der Waals surface area contributed by atoms with Crippen LogP contribution in [0.2, 0.25) is 0 Å². The molecule has 150 valence electrons. The zero-order chi connectivity index (χ0) is 21.1. The number of hydrogen-bond donors (Lipinski definition) is 0. The number of nitrogens with zero attached hydrogens (tertiary/aromatic N) is 1. The second-order valence-corrected chi connectivity index (χ2v) is 7.08. The topological polar surface area (TPSA) is 65.4 Å². The van der Waals surface area contributed by atoms with Crippen molar-refractivity contribution in [2.45, 2.75) is 19.9 Å². The van der Waals surface area contributed by atoms with Gasteiger partial charge in [-0.15, -0.1) is 0 Å². The van der Waals surface area contributed by atoms with E-state index in [9.17, 15) is 14.4 Å². The average molecular weight is 399 g/mol. The molecule has 0 aliphatic rings.